The van der Waals surface area contributed by atoms with Crippen LogP contribution in [0, 0.1) is 6.92 Å². The molecule has 0 aromatic heterocycles. The van der Waals surface area contributed by atoms with E-state index < -0.39 is 0 Å². The summed E-state index contributed by atoms with van der Waals surface area (Å²) >= 11 is 5.97. The number of urea groups is 1. The lowest BCUT2D eigenvalue weighted by Crippen LogP contribution is -2.32. The summed E-state index contributed by atoms with van der Waals surface area (Å²) in [5.74, 6) is 1.87. The van der Waals surface area contributed by atoms with E-state index in [-0.39, 0.29) is 6.03 Å². The number of aryl methyl sites for hydroxylation is 1. The Bertz CT molecular complexity index is 737. The zero-order valence-electron chi connectivity index (χ0n) is 14.4. The lowest BCUT2D eigenvalue weighted by atomic mass is 10.2. The third-order valence-electron chi connectivity index (χ3n) is 3.44. The van der Waals surface area contributed by atoms with Crippen LogP contribution in [0.3, 0.4) is 0 Å². The van der Waals surface area contributed by atoms with Crippen LogP contribution in [0.2, 0.25) is 5.02 Å². The molecule has 0 unspecified atom stereocenters. The summed E-state index contributed by atoms with van der Waals surface area (Å²) in [4.78, 5) is 12.0. The molecular weight excluding hydrogens is 344 g/mol. The first-order chi connectivity index (χ1) is 12.0. The van der Waals surface area contributed by atoms with Crippen molar-refractivity contribution < 1.29 is 19.0 Å². The molecule has 0 fully saturated rings. The summed E-state index contributed by atoms with van der Waals surface area (Å²) < 4.78 is 15.9. The van der Waals surface area contributed by atoms with E-state index >= 15 is 0 Å². The van der Waals surface area contributed by atoms with Crippen LogP contribution in [-0.4, -0.2) is 33.4 Å². The Morgan fingerprint density at radius 2 is 1.84 bits per heavy atom. The number of nitrogens with one attached hydrogen (secondary N) is 2. The predicted molar refractivity (Wildman–Crippen MR) is 98.3 cm³/mol. The van der Waals surface area contributed by atoms with E-state index in [4.69, 9.17) is 25.8 Å². The average Bonchev–Trinajstić information content (AvgIpc) is 2.62. The Kier molecular flexibility index (Phi) is 6.77. The van der Waals surface area contributed by atoms with Gasteiger partial charge in [-0.3, -0.25) is 0 Å². The van der Waals surface area contributed by atoms with Crippen LogP contribution < -0.4 is 24.8 Å². The van der Waals surface area contributed by atoms with Crippen molar-refractivity contribution >= 4 is 23.3 Å². The zero-order chi connectivity index (χ0) is 18.2. The fourth-order valence-electron chi connectivity index (χ4n) is 2.11. The fraction of sp³-hybridized carbons (Fsp3) is 0.278. The van der Waals surface area contributed by atoms with Gasteiger partial charge in [0, 0.05) is 11.1 Å². The number of carbonyl (C=O) groups is 1. The Balaban J connectivity index is 1.80. The first kappa shape index (κ1) is 18.7. The number of ether oxygens (including phenoxy) is 3. The van der Waals surface area contributed by atoms with Crippen LogP contribution in [0.4, 0.5) is 10.5 Å². The number of methoxy groups -OCH3 is 2. The van der Waals surface area contributed by atoms with E-state index in [2.05, 4.69) is 10.6 Å². The van der Waals surface area contributed by atoms with Crippen molar-refractivity contribution in [1.29, 1.82) is 0 Å². The van der Waals surface area contributed by atoms with Gasteiger partial charge in [0.05, 0.1) is 26.5 Å². The molecule has 0 radical (unpaired) electrons. The van der Waals surface area contributed by atoms with Crippen molar-refractivity contribution in [3.63, 3.8) is 0 Å². The second kappa shape index (κ2) is 9.03. The minimum atomic E-state index is -0.348. The van der Waals surface area contributed by atoms with Gasteiger partial charge in [-0.25, -0.2) is 4.79 Å². The van der Waals surface area contributed by atoms with Crippen LogP contribution >= 0.6 is 11.6 Å². The average molecular weight is 365 g/mol. The molecule has 0 bridgehead atoms. The summed E-state index contributed by atoms with van der Waals surface area (Å²) in [6.07, 6.45) is 0. The molecule has 2 amide bonds. The van der Waals surface area contributed by atoms with Gasteiger partial charge in [-0.15, -0.1) is 0 Å². The second-order valence-corrected chi connectivity index (χ2v) is 5.61. The van der Waals surface area contributed by atoms with Gasteiger partial charge in [-0.2, -0.15) is 0 Å². The maximum Gasteiger partial charge on any atom is 0.319 e. The molecule has 0 atom stereocenters. The van der Waals surface area contributed by atoms with Crippen LogP contribution in [0.5, 0.6) is 17.2 Å². The zero-order valence-corrected chi connectivity index (χ0v) is 15.1. The van der Waals surface area contributed by atoms with E-state index in [9.17, 15) is 4.79 Å². The molecule has 2 rings (SSSR count). The van der Waals surface area contributed by atoms with Gasteiger partial charge >= 0.3 is 6.03 Å². The highest BCUT2D eigenvalue weighted by Crippen LogP contribution is 2.28. The Morgan fingerprint density at radius 3 is 2.52 bits per heavy atom. The highest BCUT2D eigenvalue weighted by Gasteiger charge is 2.08. The summed E-state index contributed by atoms with van der Waals surface area (Å²) in [6, 6.07) is 10.2. The molecule has 2 aromatic carbocycles. The maximum atomic E-state index is 12.0. The van der Waals surface area contributed by atoms with Crippen molar-refractivity contribution in [1.82, 2.24) is 5.32 Å². The lowest BCUT2D eigenvalue weighted by Gasteiger charge is -2.13. The number of carbonyl (C=O) groups excluding carboxylic acids is 1. The first-order valence-corrected chi connectivity index (χ1v) is 8.07. The smallest absolute Gasteiger partial charge is 0.319 e. The van der Waals surface area contributed by atoms with Crippen molar-refractivity contribution in [2.24, 2.45) is 0 Å². The van der Waals surface area contributed by atoms with E-state index in [1.807, 2.05) is 13.0 Å². The van der Waals surface area contributed by atoms with Crippen molar-refractivity contribution in [3.05, 3.63) is 47.0 Å². The van der Waals surface area contributed by atoms with Crippen LogP contribution in [0.25, 0.3) is 0 Å². The molecule has 0 heterocycles. The molecule has 25 heavy (non-hydrogen) atoms. The summed E-state index contributed by atoms with van der Waals surface area (Å²) in [7, 11) is 3.09. The third kappa shape index (κ3) is 5.46. The number of amides is 2. The topological polar surface area (TPSA) is 68.8 Å². The fourth-order valence-corrected chi connectivity index (χ4v) is 2.23. The summed E-state index contributed by atoms with van der Waals surface area (Å²) in [6.45, 7) is 2.60. The molecule has 0 aliphatic rings. The summed E-state index contributed by atoms with van der Waals surface area (Å²) in [5, 5.41) is 6.14. The lowest BCUT2D eigenvalue weighted by molar-refractivity contribution is 0.247. The van der Waals surface area contributed by atoms with E-state index in [1.165, 1.54) is 7.11 Å². The molecule has 2 aromatic rings. The maximum absolute atomic E-state index is 12.0. The van der Waals surface area contributed by atoms with E-state index in [1.54, 1.807) is 37.4 Å². The minimum absolute atomic E-state index is 0.342. The van der Waals surface area contributed by atoms with Gasteiger partial charge < -0.3 is 24.8 Å². The molecule has 0 spiro atoms. The molecule has 2 N–H and O–H groups in total. The highest BCUT2D eigenvalue weighted by molar-refractivity contribution is 6.31. The van der Waals surface area contributed by atoms with Crippen molar-refractivity contribution in [2.75, 3.05) is 32.7 Å². The van der Waals surface area contributed by atoms with E-state index in [0.29, 0.717) is 41.1 Å². The Morgan fingerprint density at radius 1 is 1.08 bits per heavy atom. The standard InChI is InChI=1S/C18H21ClN2O4/c1-12-10-14(4-6-15(12)19)25-9-8-20-18(22)21-16-7-5-13(23-2)11-17(16)24-3/h4-7,10-11H,8-9H2,1-3H3,(H2,20,21,22). The number of halogens is 1. The van der Waals surface area contributed by atoms with Gasteiger partial charge in [-0.05, 0) is 42.8 Å². The third-order valence-corrected chi connectivity index (χ3v) is 3.87. The van der Waals surface area contributed by atoms with Gasteiger partial charge in [0.15, 0.2) is 0 Å². The molecule has 0 saturated heterocycles. The van der Waals surface area contributed by atoms with Gasteiger partial charge in [0.2, 0.25) is 0 Å². The predicted octanol–water partition coefficient (Wildman–Crippen LogP) is 3.87. The number of rotatable bonds is 7. The van der Waals surface area contributed by atoms with Crippen LogP contribution in [0.15, 0.2) is 36.4 Å². The molecule has 0 aliphatic heterocycles. The molecule has 0 aliphatic carbocycles. The van der Waals surface area contributed by atoms with Gasteiger partial charge in [0.25, 0.3) is 0 Å². The number of hydrogen-bond acceptors (Lipinski definition) is 4. The molecular formula is C18H21ClN2O4. The van der Waals surface area contributed by atoms with Crippen LogP contribution in [0.1, 0.15) is 5.56 Å². The monoisotopic (exact) mass is 364 g/mol. The highest BCUT2D eigenvalue weighted by atomic mass is 35.5. The Labute approximate surface area is 152 Å². The van der Waals surface area contributed by atoms with Crippen LogP contribution in [-0.2, 0) is 0 Å². The molecule has 134 valence electrons. The van der Waals surface area contributed by atoms with Crippen molar-refractivity contribution in [3.8, 4) is 17.2 Å². The van der Waals surface area contributed by atoms with Crippen molar-refractivity contribution in [2.45, 2.75) is 6.92 Å². The minimum Gasteiger partial charge on any atom is -0.497 e. The number of hydrogen-bond donors (Lipinski definition) is 2. The van der Waals surface area contributed by atoms with E-state index in [0.717, 1.165) is 5.56 Å². The Hall–Kier alpha value is -2.60. The summed E-state index contributed by atoms with van der Waals surface area (Å²) in [5.41, 5.74) is 1.49. The molecule has 6 nitrogen and oxygen atoms in total. The first-order valence-electron chi connectivity index (χ1n) is 7.69. The largest absolute Gasteiger partial charge is 0.497 e. The van der Waals surface area contributed by atoms with Gasteiger partial charge in [-0.1, -0.05) is 11.6 Å². The normalized spacial score (nSPS) is 10.1. The molecule has 0 saturated carbocycles. The van der Waals surface area contributed by atoms with Gasteiger partial charge in [0.1, 0.15) is 23.9 Å². The SMILES string of the molecule is COc1ccc(NC(=O)NCCOc2ccc(Cl)c(C)c2)c(OC)c1. The molecule has 7 heteroatoms. The quantitative estimate of drug-likeness (QED) is 0.732. The number of anilines is 1. The second-order valence-electron chi connectivity index (χ2n) is 5.21. The number of benzene rings is 2.